The summed E-state index contributed by atoms with van der Waals surface area (Å²) < 4.78 is 10.3. The lowest BCUT2D eigenvalue weighted by atomic mass is 9.81. The monoisotopic (exact) mass is 303 g/mol. The Morgan fingerprint density at radius 2 is 2.09 bits per heavy atom. The Labute approximate surface area is 130 Å². The van der Waals surface area contributed by atoms with Gasteiger partial charge in [0.2, 0.25) is 0 Å². The molecule has 0 unspecified atom stereocenters. The van der Waals surface area contributed by atoms with Gasteiger partial charge in [0.25, 0.3) is 0 Å². The largest absolute Gasteiger partial charge is 0.469 e. The Balaban J connectivity index is 1.62. The second kappa shape index (κ2) is 5.99. The zero-order chi connectivity index (χ0) is 15.6. The highest BCUT2D eigenvalue weighted by molar-refractivity contribution is 5.80. The van der Waals surface area contributed by atoms with Gasteiger partial charge in [-0.15, -0.1) is 0 Å². The van der Waals surface area contributed by atoms with Crippen LogP contribution in [0, 0.1) is 11.3 Å². The number of benzene rings is 1. The maximum atomic E-state index is 12.3. The van der Waals surface area contributed by atoms with E-state index in [0.29, 0.717) is 13.1 Å². The normalized spacial score (nSPS) is 26.6. The van der Waals surface area contributed by atoms with Crippen molar-refractivity contribution in [2.45, 2.75) is 25.9 Å². The molecular weight excluding hydrogens is 282 g/mol. The van der Waals surface area contributed by atoms with Gasteiger partial charge < -0.3 is 14.4 Å². The van der Waals surface area contributed by atoms with Gasteiger partial charge >= 0.3 is 12.1 Å². The van der Waals surface area contributed by atoms with Gasteiger partial charge in [0.05, 0.1) is 12.5 Å². The van der Waals surface area contributed by atoms with Crippen LogP contribution in [-0.4, -0.2) is 37.2 Å². The molecule has 22 heavy (non-hydrogen) atoms. The summed E-state index contributed by atoms with van der Waals surface area (Å²) in [5, 5.41) is 0. The van der Waals surface area contributed by atoms with Crippen molar-refractivity contribution in [1.29, 1.82) is 0 Å². The minimum Gasteiger partial charge on any atom is -0.469 e. The number of hydrogen-bond donors (Lipinski definition) is 0. The first-order valence-electron chi connectivity index (χ1n) is 7.70. The average molecular weight is 303 g/mol. The predicted octanol–water partition coefficient (Wildman–Crippen LogP) is 2.60. The number of amides is 1. The van der Waals surface area contributed by atoms with Gasteiger partial charge in [0.15, 0.2) is 0 Å². The van der Waals surface area contributed by atoms with E-state index in [1.54, 1.807) is 4.90 Å². The number of carbonyl (C=O) groups is 2. The van der Waals surface area contributed by atoms with Crippen molar-refractivity contribution in [3.8, 4) is 0 Å². The van der Waals surface area contributed by atoms with Crippen LogP contribution in [0.15, 0.2) is 30.3 Å². The Morgan fingerprint density at radius 3 is 2.82 bits per heavy atom. The number of hydrogen-bond acceptors (Lipinski definition) is 4. The first-order valence-corrected chi connectivity index (χ1v) is 7.70. The van der Waals surface area contributed by atoms with Crippen molar-refractivity contribution >= 4 is 12.1 Å². The Hall–Kier alpha value is -2.04. The fourth-order valence-electron chi connectivity index (χ4n) is 3.78. The number of ether oxygens (including phenoxy) is 2. The highest BCUT2D eigenvalue weighted by atomic mass is 16.6. The van der Waals surface area contributed by atoms with Crippen LogP contribution in [0.1, 0.15) is 24.8 Å². The number of rotatable bonds is 3. The molecule has 0 radical (unpaired) electrons. The molecule has 3 rings (SSSR count). The summed E-state index contributed by atoms with van der Waals surface area (Å²) in [7, 11) is 1.42. The van der Waals surface area contributed by atoms with E-state index in [1.165, 1.54) is 7.11 Å². The van der Waals surface area contributed by atoms with E-state index in [-0.39, 0.29) is 24.6 Å². The van der Waals surface area contributed by atoms with Crippen LogP contribution in [-0.2, 0) is 20.9 Å². The van der Waals surface area contributed by atoms with Crippen molar-refractivity contribution in [1.82, 2.24) is 4.90 Å². The van der Waals surface area contributed by atoms with Crippen molar-refractivity contribution in [3.05, 3.63) is 35.9 Å². The molecule has 2 aliphatic rings. The third-order valence-electron chi connectivity index (χ3n) is 4.93. The molecular formula is C17H21NO4. The summed E-state index contributed by atoms with van der Waals surface area (Å²) >= 11 is 0. The molecule has 5 heteroatoms. The summed E-state index contributed by atoms with van der Waals surface area (Å²) in [5.74, 6) is 0.0117. The lowest BCUT2D eigenvalue weighted by molar-refractivity contribution is -0.153. The molecule has 1 amide bonds. The second-order valence-electron chi connectivity index (χ2n) is 6.16. The van der Waals surface area contributed by atoms with Gasteiger partial charge in [-0.05, 0) is 24.3 Å². The third kappa shape index (κ3) is 2.56. The van der Waals surface area contributed by atoms with Crippen LogP contribution < -0.4 is 0 Å². The summed E-state index contributed by atoms with van der Waals surface area (Å²) in [5.41, 5.74) is 0.443. The molecule has 0 N–H and O–H groups in total. The highest BCUT2D eigenvalue weighted by Crippen LogP contribution is 2.49. The highest BCUT2D eigenvalue weighted by Gasteiger charge is 2.56. The molecule has 5 nitrogen and oxygen atoms in total. The maximum Gasteiger partial charge on any atom is 0.410 e. The van der Waals surface area contributed by atoms with Crippen molar-refractivity contribution in [2.75, 3.05) is 20.2 Å². The molecule has 118 valence electrons. The Morgan fingerprint density at radius 1 is 1.32 bits per heavy atom. The molecule has 1 saturated heterocycles. The van der Waals surface area contributed by atoms with Gasteiger partial charge in [0, 0.05) is 13.1 Å². The first-order chi connectivity index (χ1) is 10.7. The summed E-state index contributed by atoms with van der Waals surface area (Å²) in [6, 6.07) is 9.59. The first kappa shape index (κ1) is 14.9. The van der Waals surface area contributed by atoms with Crippen molar-refractivity contribution < 1.29 is 19.1 Å². The van der Waals surface area contributed by atoms with Gasteiger partial charge in [-0.25, -0.2) is 4.79 Å². The molecule has 1 aromatic rings. The number of likely N-dealkylation sites (tertiary alicyclic amines) is 1. The predicted molar refractivity (Wildman–Crippen MR) is 80.0 cm³/mol. The lowest BCUT2D eigenvalue weighted by Gasteiger charge is -2.25. The number of fused-ring (bicyclic) bond motifs is 1. The number of nitrogens with zero attached hydrogens (tertiary/aromatic N) is 1. The summed E-state index contributed by atoms with van der Waals surface area (Å²) in [6.07, 6.45) is 2.44. The fraction of sp³-hybridized carbons (Fsp3) is 0.529. The number of methoxy groups -OCH3 is 1. The van der Waals surface area contributed by atoms with Crippen LogP contribution in [0.5, 0.6) is 0 Å². The number of carbonyl (C=O) groups excluding carboxylic acids is 2. The van der Waals surface area contributed by atoms with Crippen molar-refractivity contribution in [2.24, 2.45) is 11.3 Å². The van der Waals surface area contributed by atoms with Crippen LogP contribution in [0.2, 0.25) is 0 Å². The molecule has 0 aromatic heterocycles. The lowest BCUT2D eigenvalue weighted by Crippen LogP contribution is -2.38. The average Bonchev–Trinajstić information content (AvgIpc) is 3.11. The molecule has 1 aliphatic carbocycles. The molecule has 2 fully saturated rings. The van der Waals surface area contributed by atoms with Crippen LogP contribution >= 0.6 is 0 Å². The van der Waals surface area contributed by atoms with E-state index in [9.17, 15) is 9.59 Å². The zero-order valence-electron chi connectivity index (χ0n) is 12.8. The maximum absolute atomic E-state index is 12.3. The van der Waals surface area contributed by atoms with E-state index in [2.05, 4.69) is 0 Å². The fourth-order valence-corrected chi connectivity index (χ4v) is 3.78. The van der Waals surface area contributed by atoms with E-state index < -0.39 is 5.41 Å². The van der Waals surface area contributed by atoms with Gasteiger partial charge in [0.1, 0.15) is 6.61 Å². The molecule has 1 heterocycles. The van der Waals surface area contributed by atoms with Gasteiger partial charge in [-0.1, -0.05) is 36.8 Å². The molecule has 1 aromatic carbocycles. The minimum absolute atomic E-state index is 0.187. The topological polar surface area (TPSA) is 55.8 Å². The van der Waals surface area contributed by atoms with Crippen molar-refractivity contribution in [3.63, 3.8) is 0 Å². The van der Waals surface area contributed by atoms with E-state index in [0.717, 1.165) is 24.8 Å². The quantitative estimate of drug-likeness (QED) is 0.805. The number of esters is 1. The van der Waals surface area contributed by atoms with Crippen LogP contribution in [0.4, 0.5) is 4.79 Å². The van der Waals surface area contributed by atoms with E-state index in [4.69, 9.17) is 9.47 Å². The Bertz CT molecular complexity index is 559. The minimum atomic E-state index is -0.513. The summed E-state index contributed by atoms with van der Waals surface area (Å²) in [6.45, 7) is 1.26. The molecule has 1 saturated carbocycles. The van der Waals surface area contributed by atoms with E-state index >= 15 is 0 Å². The second-order valence-corrected chi connectivity index (χ2v) is 6.16. The smallest absolute Gasteiger partial charge is 0.410 e. The van der Waals surface area contributed by atoms with Crippen LogP contribution in [0.25, 0.3) is 0 Å². The van der Waals surface area contributed by atoms with E-state index in [1.807, 2.05) is 30.3 Å². The standard InChI is InChI=1S/C17H21NO4/c1-21-15(19)17-9-5-8-14(17)10-18(12-17)16(20)22-11-13-6-3-2-4-7-13/h2-4,6-7,14H,5,8-12H2,1H3/t14-,17-/m0/s1. The Kier molecular flexibility index (Phi) is 4.05. The SMILES string of the molecule is COC(=O)[C@]12CCC[C@H]1CN(C(=O)OCc1ccccc1)C2. The van der Waals surface area contributed by atoms with Gasteiger partial charge in [-0.3, -0.25) is 4.79 Å². The molecule has 2 atom stereocenters. The van der Waals surface area contributed by atoms with Crippen LogP contribution in [0.3, 0.4) is 0 Å². The molecule has 0 bridgehead atoms. The zero-order valence-corrected chi connectivity index (χ0v) is 12.8. The summed E-state index contributed by atoms with van der Waals surface area (Å²) in [4.78, 5) is 26.1. The molecule has 1 aliphatic heterocycles. The molecule has 0 spiro atoms. The van der Waals surface area contributed by atoms with Gasteiger partial charge in [-0.2, -0.15) is 0 Å². The third-order valence-corrected chi connectivity index (χ3v) is 4.93.